The van der Waals surface area contributed by atoms with Crippen molar-refractivity contribution < 1.29 is 24.2 Å². The monoisotopic (exact) mass is 472 g/mol. The first-order chi connectivity index (χ1) is 16.7. The summed E-state index contributed by atoms with van der Waals surface area (Å²) in [7, 11) is 1.55. The quantitative estimate of drug-likeness (QED) is 0.561. The molecule has 1 aromatic carbocycles. The predicted octanol–water partition coefficient (Wildman–Crippen LogP) is 2.55. The van der Waals surface area contributed by atoms with Crippen LogP contribution in [0.15, 0.2) is 60.9 Å². The fraction of sp³-hybridized carbons (Fsp3) is 0.231. The largest absolute Gasteiger partial charge is 0.487 e. The van der Waals surface area contributed by atoms with Crippen molar-refractivity contribution in [2.75, 3.05) is 18.6 Å². The second-order valence-corrected chi connectivity index (χ2v) is 8.38. The van der Waals surface area contributed by atoms with Crippen LogP contribution in [0, 0.1) is 11.8 Å². The third kappa shape index (κ3) is 5.93. The molecule has 0 saturated heterocycles. The lowest BCUT2D eigenvalue weighted by Gasteiger charge is -2.19. The Morgan fingerprint density at radius 2 is 1.97 bits per heavy atom. The average molecular weight is 473 g/mol. The Balaban J connectivity index is 1.48. The number of anilines is 1. The van der Waals surface area contributed by atoms with Crippen molar-refractivity contribution in [2.24, 2.45) is 0 Å². The molecular formula is C26H24N4O5. The number of rotatable bonds is 4. The van der Waals surface area contributed by atoms with Gasteiger partial charge in [0.15, 0.2) is 11.6 Å². The predicted molar refractivity (Wildman–Crippen MR) is 128 cm³/mol. The number of carbonyl (C=O) groups excluding carboxylic acids is 2. The van der Waals surface area contributed by atoms with E-state index in [0.29, 0.717) is 28.6 Å². The van der Waals surface area contributed by atoms with Gasteiger partial charge in [0.2, 0.25) is 0 Å². The van der Waals surface area contributed by atoms with E-state index in [0.717, 1.165) is 0 Å². The first kappa shape index (κ1) is 23.7. The standard InChI is InChI=1S/C26H24N4O5/c1-26(2,33)11-9-17-13-22-23(28-15-17)30(3)25(32)21(16-34-22)29-24(31)20-14-19(10-12-27-20)35-18-7-5-4-6-8-18/h4-8,10,12-15,21,33H,16H2,1-3H3,(H,29,31)/t21-/m0/s1. The Morgan fingerprint density at radius 3 is 2.71 bits per heavy atom. The van der Waals surface area contributed by atoms with Gasteiger partial charge in [0.1, 0.15) is 35.4 Å². The molecule has 178 valence electrons. The summed E-state index contributed by atoms with van der Waals surface area (Å²) in [4.78, 5) is 35.6. The zero-order chi connectivity index (χ0) is 25.0. The lowest BCUT2D eigenvalue weighted by molar-refractivity contribution is -0.120. The van der Waals surface area contributed by atoms with Gasteiger partial charge >= 0.3 is 0 Å². The maximum atomic E-state index is 13.0. The normalized spacial score (nSPS) is 15.1. The molecule has 0 saturated carbocycles. The van der Waals surface area contributed by atoms with E-state index in [2.05, 4.69) is 27.1 Å². The molecule has 0 unspecified atom stereocenters. The highest BCUT2D eigenvalue weighted by molar-refractivity contribution is 6.02. The number of carbonyl (C=O) groups is 2. The van der Waals surface area contributed by atoms with Gasteiger partial charge in [-0.15, -0.1) is 0 Å². The zero-order valence-electron chi connectivity index (χ0n) is 19.5. The Morgan fingerprint density at radius 1 is 1.20 bits per heavy atom. The summed E-state index contributed by atoms with van der Waals surface area (Å²) in [5, 5.41) is 12.5. The van der Waals surface area contributed by atoms with Gasteiger partial charge in [-0.1, -0.05) is 30.0 Å². The summed E-state index contributed by atoms with van der Waals surface area (Å²) in [6.45, 7) is 3.04. The summed E-state index contributed by atoms with van der Waals surface area (Å²) in [6, 6.07) is 13.0. The smallest absolute Gasteiger partial charge is 0.270 e. The van der Waals surface area contributed by atoms with Crippen LogP contribution in [0.5, 0.6) is 17.2 Å². The Labute approximate surface area is 202 Å². The maximum Gasteiger partial charge on any atom is 0.270 e. The fourth-order valence-electron chi connectivity index (χ4n) is 3.23. The molecule has 1 aliphatic rings. The summed E-state index contributed by atoms with van der Waals surface area (Å²) in [6.07, 6.45) is 2.95. The van der Waals surface area contributed by atoms with Gasteiger partial charge in [-0.3, -0.25) is 19.5 Å². The van der Waals surface area contributed by atoms with E-state index in [9.17, 15) is 14.7 Å². The maximum absolute atomic E-state index is 13.0. The van der Waals surface area contributed by atoms with Crippen molar-refractivity contribution in [1.82, 2.24) is 15.3 Å². The van der Waals surface area contributed by atoms with Gasteiger partial charge in [-0.2, -0.15) is 0 Å². The molecular weight excluding hydrogens is 448 g/mol. The van der Waals surface area contributed by atoms with Crippen LogP contribution in [0.3, 0.4) is 0 Å². The van der Waals surface area contributed by atoms with Gasteiger partial charge in [0.25, 0.3) is 11.8 Å². The Bertz CT molecular complexity index is 1310. The van der Waals surface area contributed by atoms with Crippen molar-refractivity contribution >= 4 is 17.6 Å². The number of amides is 2. The molecule has 4 rings (SSSR count). The van der Waals surface area contributed by atoms with Crippen molar-refractivity contribution in [1.29, 1.82) is 0 Å². The average Bonchev–Trinajstić information content (AvgIpc) is 2.95. The van der Waals surface area contributed by atoms with E-state index < -0.39 is 23.5 Å². The minimum Gasteiger partial charge on any atom is -0.487 e. The molecule has 0 bridgehead atoms. The van der Waals surface area contributed by atoms with Gasteiger partial charge in [0.05, 0.1) is 0 Å². The number of likely N-dealkylation sites (N-methyl/N-ethyl adjacent to an activating group) is 1. The molecule has 0 radical (unpaired) electrons. The van der Waals surface area contributed by atoms with E-state index in [-0.39, 0.29) is 12.3 Å². The number of hydrogen-bond donors (Lipinski definition) is 2. The SMILES string of the molecule is CN1C(=O)[C@@H](NC(=O)c2cc(Oc3ccccc3)ccn2)COc2cc(C#CC(C)(C)O)cnc21. The number of para-hydroxylation sites is 1. The summed E-state index contributed by atoms with van der Waals surface area (Å²) in [5.74, 6) is 6.31. The van der Waals surface area contributed by atoms with Crippen molar-refractivity contribution in [3.63, 3.8) is 0 Å². The van der Waals surface area contributed by atoms with E-state index in [4.69, 9.17) is 9.47 Å². The van der Waals surface area contributed by atoms with Crippen LogP contribution in [-0.2, 0) is 4.79 Å². The van der Waals surface area contributed by atoms with E-state index in [1.54, 1.807) is 45.2 Å². The molecule has 35 heavy (non-hydrogen) atoms. The van der Waals surface area contributed by atoms with Crippen LogP contribution in [-0.4, -0.2) is 52.2 Å². The second kappa shape index (κ2) is 9.83. The summed E-state index contributed by atoms with van der Waals surface area (Å²) < 4.78 is 11.6. The summed E-state index contributed by atoms with van der Waals surface area (Å²) >= 11 is 0. The van der Waals surface area contributed by atoms with Crippen LogP contribution in [0.4, 0.5) is 5.82 Å². The lowest BCUT2D eigenvalue weighted by Crippen LogP contribution is -2.49. The van der Waals surface area contributed by atoms with Gasteiger partial charge < -0.3 is 19.9 Å². The number of nitrogens with zero attached hydrogens (tertiary/aromatic N) is 3. The number of pyridine rings is 2. The van der Waals surface area contributed by atoms with Crippen LogP contribution >= 0.6 is 0 Å². The molecule has 3 heterocycles. The van der Waals surface area contributed by atoms with Gasteiger partial charge in [-0.25, -0.2) is 4.98 Å². The number of aromatic nitrogens is 2. The number of ether oxygens (including phenoxy) is 2. The van der Waals surface area contributed by atoms with E-state index in [1.165, 1.54) is 23.4 Å². The molecule has 0 fully saturated rings. The first-order valence-corrected chi connectivity index (χ1v) is 10.9. The van der Waals surface area contributed by atoms with Crippen LogP contribution in [0.1, 0.15) is 29.9 Å². The first-order valence-electron chi connectivity index (χ1n) is 10.9. The molecule has 9 nitrogen and oxygen atoms in total. The third-order valence-corrected chi connectivity index (χ3v) is 4.95. The highest BCUT2D eigenvalue weighted by atomic mass is 16.5. The summed E-state index contributed by atoms with van der Waals surface area (Å²) in [5.41, 5.74) is -0.542. The topological polar surface area (TPSA) is 114 Å². The molecule has 1 atom stereocenters. The number of aliphatic hydroxyl groups is 1. The zero-order valence-corrected chi connectivity index (χ0v) is 19.5. The molecule has 0 spiro atoms. The highest BCUT2D eigenvalue weighted by Crippen LogP contribution is 2.29. The van der Waals surface area contributed by atoms with Crippen molar-refractivity contribution in [2.45, 2.75) is 25.5 Å². The molecule has 1 aliphatic heterocycles. The number of hydrogen-bond acceptors (Lipinski definition) is 7. The van der Waals surface area contributed by atoms with E-state index in [1.807, 2.05) is 18.2 Å². The van der Waals surface area contributed by atoms with Crippen LogP contribution < -0.4 is 19.7 Å². The van der Waals surface area contributed by atoms with E-state index >= 15 is 0 Å². The fourth-order valence-corrected chi connectivity index (χ4v) is 3.23. The third-order valence-electron chi connectivity index (χ3n) is 4.95. The number of benzene rings is 1. The van der Waals surface area contributed by atoms with Crippen LogP contribution in [0.25, 0.3) is 0 Å². The van der Waals surface area contributed by atoms with Crippen molar-refractivity contribution in [3.8, 4) is 29.1 Å². The minimum atomic E-state index is -1.16. The van der Waals surface area contributed by atoms with Gasteiger partial charge in [0, 0.05) is 37.1 Å². The molecule has 2 N–H and O–H groups in total. The van der Waals surface area contributed by atoms with Crippen LogP contribution in [0.2, 0.25) is 0 Å². The Kier molecular flexibility index (Phi) is 6.66. The van der Waals surface area contributed by atoms with Gasteiger partial charge in [-0.05, 0) is 32.0 Å². The molecule has 0 aliphatic carbocycles. The Hall–Kier alpha value is -4.42. The molecule has 2 aromatic heterocycles. The minimum absolute atomic E-state index is 0.0953. The lowest BCUT2D eigenvalue weighted by atomic mass is 10.1. The molecule has 2 amide bonds. The number of nitrogens with one attached hydrogen (secondary N) is 1. The highest BCUT2D eigenvalue weighted by Gasteiger charge is 2.32. The van der Waals surface area contributed by atoms with Crippen molar-refractivity contribution in [3.05, 3.63) is 72.2 Å². The number of fused-ring (bicyclic) bond motifs is 1. The molecule has 9 heteroatoms. The molecule has 3 aromatic rings. The second-order valence-electron chi connectivity index (χ2n) is 8.38.